The van der Waals surface area contributed by atoms with Crippen molar-refractivity contribution in [1.82, 2.24) is 4.31 Å². The zero-order valence-electron chi connectivity index (χ0n) is 7.78. The first-order chi connectivity index (χ1) is 5.93. The van der Waals surface area contributed by atoms with Crippen LogP contribution in [0.15, 0.2) is 11.6 Å². The summed E-state index contributed by atoms with van der Waals surface area (Å²) in [4.78, 5) is 11.3. The predicted molar refractivity (Wildman–Crippen MR) is 49.5 cm³/mol. The summed E-state index contributed by atoms with van der Waals surface area (Å²) in [5.41, 5.74) is 0.812. The van der Waals surface area contributed by atoms with Gasteiger partial charge in [-0.15, -0.1) is 0 Å². The Morgan fingerprint density at radius 1 is 1.38 bits per heavy atom. The average molecular weight is 203 g/mol. The van der Waals surface area contributed by atoms with Gasteiger partial charge in [-0.2, -0.15) is 0 Å². The number of carbonyl (C=O) groups excluding carboxylic acids is 1. The number of amides is 1. The Kier molecular flexibility index (Phi) is 2.75. The molecule has 0 aliphatic carbocycles. The van der Waals surface area contributed by atoms with Crippen LogP contribution in [0.3, 0.4) is 0 Å². The van der Waals surface area contributed by atoms with Gasteiger partial charge < -0.3 is 0 Å². The normalized spacial score (nSPS) is 20.0. The molecular weight excluding hydrogens is 190 g/mol. The molecule has 1 aliphatic rings. The summed E-state index contributed by atoms with van der Waals surface area (Å²) in [7, 11) is -3.29. The van der Waals surface area contributed by atoms with Gasteiger partial charge in [0, 0.05) is 12.6 Å². The zero-order valence-corrected chi connectivity index (χ0v) is 8.60. The topological polar surface area (TPSA) is 54.5 Å². The minimum absolute atomic E-state index is 0.0926. The van der Waals surface area contributed by atoms with Crippen molar-refractivity contribution in [3.8, 4) is 0 Å². The van der Waals surface area contributed by atoms with Crippen LogP contribution in [0.25, 0.3) is 0 Å². The molecular formula is C8H13NO3S. The van der Waals surface area contributed by atoms with Gasteiger partial charge in [0.2, 0.25) is 10.0 Å². The van der Waals surface area contributed by atoms with Gasteiger partial charge in [0.05, 0.1) is 5.75 Å². The predicted octanol–water partition coefficient (Wildman–Crippen LogP) is 0.515. The van der Waals surface area contributed by atoms with Gasteiger partial charge in [-0.1, -0.05) is 5.57 Å². The minimum atomic E-state index is -3.29. The van der Waals surface area contributed by atoms with Crippen LogP contribution in [0.4, 0.5) is 0 Å². The molecule has 0 saturated carbocycles. The second-order valence-electron chi connectivity index (χ2n) is 3.30. The maximum atomic E-state index is 11.3. The number of nitrogens with zero attached hydrogens (tertiary/aromatic N) is 1. The molecule has 0 unspecified atom stereocenters. The van der Waals surface area contributed by atoms with Crippen LogP contribution in [0.2, 0.25) is 0 Å². The Hall–Kier alpha value is -0.840. The van der Waals surface area contributed by atoms with E-state index >= 15 is 0 Å². The molecule has 1 rings (SSSR count). The van der Waals surface area contributed by atoms with Gasteiger partial charge in [-0.3, -0.25) is 4.79 Å². The van der Waals surface area contributed by atoms with Gasteiger partial charge in [-0.25, -0.2) is 12.7 Å². The summed E-state index contributed by atoms with van der Waals surface area (Å²) in [6.45, 7) is 3.85. The van der Waals surface area contributed by atoms with E-state index in [4.69, 9.17) is 0 Å². The van der Waals surface area contributed by atoms with E-state index in [0.29, 0.717) is 13.0 Å². The Labute approximate surface area is 78.3 Å². The number of hydrogen-bond acceptors (Lipinski definition) is 3. The van der Waals surface area contributed by atoms with E-state index in [2.05, 4.69) is 0 Å². The fourth-order valence-corrected chi connectivity index (χ4v) is 2.65. The fraction of sp³-hybridized carbons (Fsp3) is 0.625. The average Bonchev–Trinajstić information content (AvgIpc) is 2.27. The van der Waals surface area contributed by atoms with E-state index in [1.165, 1.54) is 6.08 Å². The van der Waals surface area contributed by atoms with Gasteiger partial charge in [0.15, 0.2) is 0 Å². The van der Waals surface area contributed by atoms with Crippen molar-refractivity contribution in [3.63, 3.8) is 0 Å². The highest BCUT2D eigenvalue weighted by molar-refractivity contribution is 7.89. The number of sulfonamides is 1. The Morgan fingerprint density at radius 2 is 2.00 bits per heavy atom. The van der Waals surface area contributed by atoms with Crippen LogP contribution in [0, 0.1) is 0 Å². The lowest BCUT2D eigenvalue weighted by molar-refractivity contribution is -0.121. The minimum Gasteiger partial charge on any atom is -0.269 e. The molecule has 0 aromatic heterocycles. The molecule has 1 amide bonds. The maximum Gasteiger partial charge on any atom is 0.259 e. The van der Waals surface area contributed by atoms with Crippen LogP contribution < -0.4 is 0 Å². The van der Waals surface area contributed by atoms with Crippen LogP contribution in [0.5, 0.6) is 0 Å². The van der Waals surface area contributed by atoms with Gasteiger partial charge in [0.25, 0.3) is 5.91 Å². The second-order valence-corrected chi connectivity index (χ2v) is 5.31. The Morgan fingerprint density at radius 3 is 2.38 bits per heavy atom. The van der Waals surface area contributed by atoms with Gasteiger partial charge in [0.1, 0.15) is 0 Å². The first-order valence-corrected chi connectivity index (χ1v) is 5.74. The van der Waals surface area contributed by atoms with Crippen molar-refractivity contribution in [2.24, 2.45) is 0 Å². The van der Waals surface area contributed by atoms with E-state index in [-0.39, 0.29) is 5.75 Å². The molecule has 74 valence electrons. The third kappa shape index (κ3) is 2.30. The summed E-state index contributed by atoms with van der Waals surface area (Å²) in [6.07, 6.45) is 1.90. The largest absolute Gasteiger partial charge is 0.269 e. The lowest BCUT2D eigenvalue weighted by Gasteiger charge is -2.11. The van der Waals surface area contributed by atoms with Crippen molar-refractivity contribution in [3.05, 3.63) is 11.6 Å². The van der Waals surface area contributed by atoms with E-state index in [1.807, 2.05) is 0 Å². The summed E-state index contributed by atoms with van der Waals surface area (Å²) in [5.74, 6) is -0.326. The zero-order chi connectivity index (χ0) is 10.1. The van der Waals surface area contributed by atoms with Crippen LogP contribution in [-0.4, -0.2) is 30.9 Å². The molecule has 1 heterocycles. The summed E-state index contributed by atoms with van der Waals surface area (Å²) < 4.78 is 23.5. The number of carbonyl (C=O) groups is 1. The molecule has 0 bridgehead atoms. The Balaban J connectivity index is 2.85. The molecule has 0 spiro atoms. The lowest BCUT2D eigenvalue weighted by atomic mass is 10.3. The molecule has 0 atom stereocenters. The highest BCUT2D eigenvalue weighted by atomic mass is 32.2. The summed E-state index contributed by atoms with van der Waals surface area (Å²) in [5, 5.41) is 0. The molecule has 1 aliphatic heterocycles. The number of rotatable bonds is 1. The molecule has 1 saturated heterocycles. The van der Waals surface area contributed by atoms with Crippen LogP contribution in [0.1, 0.15) is 20.3 Å². The lowest BCUT2D eigenvalue weighted by Crippen LogP contribution is -2.31. The van der Waals surface area contributed by atoms with Crippen molar-refractivity contribution >= 4 is 15.9 Å². The standard InChI is InChI=1S/C8H13NO3S/c1-7(2)6-8(10)9-4-3-5-13(9,11)12/h6H,3-5H2,1-2H3. The second kappa shape index (κ2) is 3.49. The number of allylic oxidation sites excluding steroid dienone is 1. The molecule has 13 heavy (non-hydrogen) atoms. The van der Waals surface area contributed by atoms with E-state index in [0.717, 1.165) is 9.88 Å². The van der Waals surface area contributed by atoms with Gasteiger partial charge >= 0.3 is 0 Å². The van der Waals surface area contributed by atoms with E-state index in [9.17, 15) is 13.2 Å². The number of hydrogen-bond donors (Lipinski definition) is 0. The van der Waals surface area contributed by atoms with Crippen LogP contribution in [-0.2, 0) is 14.8 Å². The van der Waals surface area contributed by atoms with Crippen molar-refractivity contribution in [2.75, 3.05) is 12.3 Å². The SMILES string of the molecule is CC(C)=CC(=O)N1CCCS1(=O)=O. The smallest absolute Gasteiger partial charge is 0.259 e. The highest BCUT2D eigenvalue weighted by Crippen LogP contribution is 2.14. The molecule has 1 fully saturated rings. The molecule has 0 radical (unpaired) electrons. The first kappa shape index (κ1) is 10.2. The summed E-state index contributed by atoms with van der Waals surface area (Å²) >= 11 is 0. The van der Waals surface area contributed by atoms with Crippen LogP contribution >= 0.6 is 0 Å². The first-order valence-electron chi connectivity index (χ1n) is 4.13. The van der Waals surface area contributed by atoms with Crippen molar-refractivity contribution in [1.29, 1.82) is 0 Å². The van der Waals surface area contributed by atoms with Crippen molar-refractivity contribution < 1.29 is 13.2 Å². The molecule has 0 aromatic carbocycles. The van der Waals surface area contributed by atoms with Gasteiger partial charge in [-0.05, 0) is 20.3 Å². The quantitative estimate of drug-likeness (QED) is 0.584. The highest BCUT2D eigenvalue weighted by Gasteiger charge is 2.31. The molecule has 4 nitrogen and oxygen atoms in total. The molecule has 5 heteroatoms. The Bertz CT molecular complexity index is 338. The molecule has 0 aromatic rings. The fourth-order valence-electron chi connectivity index (χ4n) is 1.21. The van der Waals surface area contributed by atoms with E-state index in [1.54, 1.807) is 13.8 Å². The third-order valence-corrected chi connectivity index (χ3v) is 3.60. The van der Waals surface area contributed by atoms with E-state index < -0.39 is 15.9 Å². The summed E-state index contributed by atoms with van der Waals surface area (Å²) in [6, 6.07) is 0. The third-order valence-electron chi connectivity index (χ3n) is 1.76. The maximum absolute atomic E-state index is 11.3. The molecule has 0 N–H and O–H groups in total. The van der Waals surface area contributed by atoms with Crippen molar-refractivity contribution in [2.45, 2.75) is 20.3 Å². The monoisotopic (exact) mass is 203 g/mol.